The molecule has 26 heavy (non-hydrogen) atoms. The first-order chi connectivity index (χ1) is 12.5. The highest BCUT2D eigenvalue weighted by molar-refractivity contribution is 6.31. The number of amides is 2. The highest BCUT2D eigenvalue weighted by Crippen LogP contribution is 2.24. The largest absolute Gasteiger partial charge is 0.458 e. The van der Waals surface area contributed by atoms with E-state index in [0.29, 0.717) is 27.1 Å². The summed E-state index contributed by atoms with van der Waals surface area (Å²) in [6, 6.07) is 13.1. The predicted molar refractivity (Wildman–Crippen MR) is 93.3 cm³/mol. The Hall–Kier alpha value is -3.12. The van der Waals surface area contributed by atoms with Crippen molar-refractivity contribution in [2.45, 2.75) is 0 Å². The fourth-order valence-electron chi connectivity index (χ4n) is 2.86. The molecule has 0 saturated carbocycles. The van der Waals surface area contributed by atoms with Gasteiger partial charge in [-0.1, -0.05) is 23.7 Å². The number of hydrogen-bond donors (Lipinski definition) is 0. The van der Waals surface area contributed by atoms with Crippen molar-refractivity contribution >= 4 is 40.4 Å². The third-order valence-corrected chi connectivity index (χ3v) is 4.34. The van der Waals surface area contributed by atoms with Gasteiger partial charge in [0.1, 0.15) is 12.2 Å². The van der Waals surface area contributed by atoms with Crippen LogP contribution in [0.1, 0.15) is 31.3 Å². The van der Waals surface area contributed by atoms with Crippen molar-refractivity contribution in [3.63, 3.8) is 0 Å². The van der Waals surface area contributed by atoms with Gasteiger partial charge in [-0.15, -0.1) is 0 Å². The molecule has 0 unspecified atom stereocenters. The summed E-state index contributed by atoms with van der Waals surface area (Å²) in [5.41, 5.74) is 1.23. The van der Waals surface area contributed by atoms with Crippen molar-refractivity contribution in [2.75, 3.05) is 13.2 Å². The van der Waals surface area contributed by atoms with Crippen LogP contribution < -0.4 is 0 Å². The molecule has 0 aliphatic carbocycles. The van der Waals surface area contributed by atoms with Gasteiger partial charge in [0.15, 0.2) is 0 Å². The molecule has 1 aliphatic heterocycles. The smallest absolute Gasteiger partial charge is 0.374 e. The number of fused-ring (bicyclic) bond motifs is 2. The Morgan fingerprint density at radius 1 is 1.04 bits per heavy atom. The van der Waals surface area contributed by atoms with Crippen molar-refractivity contribution in [3.8, 4) is 0 Å². The van der Waals surface area contributed by atoms with E-state index in [1.165, 1.54) is 6.07 Å². The number of ether oxygens (including phenoxy) is 1. The summed E-state index contributed by atoms with van der Waals surface area (Å²) in [4.78, 5) is 37.7. The molecule has 0 atom stereocenters. The minimum absolute atomic E-state index is 0.0237. The Kier molecular flexibility index (Phi) is 3.97. The Bertz CT molecular complexity index is 1020. The quantitative estimate of drug-likeness (QED) is 0.519. The Morgan fingerprint density at radius 3 is 2.42 bits per heavy atom. The monoisotopic (exact) mass is 369 g/mol. The number of hydrogen-bond acceptors (Lipinski definition) is 5. The molecule has 2 amide bonds. The summed E-state index contributed by atoms with van der Waals surface area (Å²) in [6.07, 6.45) is 0. The first kappa shape index (κ1) is 16.4. The fraction of sp³-hybridized carbons (Fsp3) is 0.105. The Balaban J connectivity index is 1.41. The third kappa shape index (κ3) is 2.74. The van der Waals surface area contributed by atoms with Crippen LogP contribution in [0.25, 0.3) is 11.0 Å². The molecular weight excluding hydrogens is 358 g/mol. The molecule has 0 bridgehead atoms. The predicted octanol–water partition coefficient (Wildman–Crippen LogP) is 3.54. The van der Waals surface area contributed by atoms with E-state index in [4.69, 9.17) is 20.8 Å². The highest BCUT2D eigenvalue weighted by atomic mass is 35.5. The summed E-state index contributed by atoms with van der Waals surface area (Å²) in [5.74, 6) is -1.42. The van der Waals surface area contributed by atoms with Gasteiger partial charge in [0.2, 0.25) is 5.76 Å². The van der Waals surface area contributed by atoms with Crippen molar-refractivity contribution in [2.24, 2.45) is 0 Å². The number of esters is 1. The van der Waals surface area contributed by atoms with Crippen LogP contribution in [0.5, 0.6) is 0 Å². The van der Waals surface area contributed by atoms with E-state index in [0.717, 1.165) is 4.90 Å². The van der Waals surface area contributed by atoms with Gasteiger partial charge < -0.3 is 9.15 Å². The molecule has 1 aliphatic rings. The van der Waals surface area contributed by atoms with Gasteiger partial charge in [-0.25, -0.2) is 4.79 Å². The molecule has 6 nitrogen and oxygen atoms in total. The lowest BCUT2D eigenvalue weighted by Crippen LogP contribution is -2.33. The number of imide groups is 1. The number of halogens is 1. The van der Waals surface area contributed by atoms with E-state index in [2.05, 4.69) is 0 Å². The number of carbonyl (C=O) groups is 3. The zero-order valence-corrected chi connectivity index (χ0v) is 14.2. The lowest BCUT2D eigenvalue weighted by atomic mass is 10.1. The lowest BCUT2D eigenvalue weighted by Gasteiger charge is -2.13. The minimum Gasteiger partial charge on any atom is -0.458 e. The second-order valence-electron chi connectivity index (χ2n) is 5.74. The van der Waals surface area contributed by atoms with Crippen LogP contribution in [-0.4, -0.2) is 35.8 Å². The third-order valence-electron chi connectivity index (χ3n) is 4.11. The molecule has 0 N–H and O–H groups in total. The van der Waals surface area contributed by atoms with E-state index in [9.17, 15) is 14.4 Å². The fourth-order valence-corrected chi connectivity index (χ4v) is 3.04. The van der Waals surface area contributed by atoms with Gasteiger partial charge in [0.25, 0.3) is 11.8 Å². The maximum Gasteiger partial charge on any atom is 0.374 e. The van der Waals surface area contributed by atoms with Gasteiger partial charge in [-0.05, 0) is 36.4 Å². The summed E-state index contributed by atoms with van der Waals surface area (Å²) in [6.45, 7) is -0.147. The normalized spacial score (nSPS) is 13.3. The summed E-state index contributed by atoms with van der Waals surface area (Å²) in [5, 5.41) is 1.22. The molecule has 1 aromatic heterocycles. The van der Waals surface area contributed by atoms with Crippen molar-refractivity contribution in [3.05, 3.63) is 70.4 Å². The molecule has 0 spiro atoms. The lowest BCUT2D eigenvalue weighted by molar-refractivity contribution is 0.0395. The average molecular weight is 370 g/mol. The van der Waals surface area contributed by atoms with Crippen LogP contribution in [0.15, 0.2) is 52.9 Å². The molecule has 4 rings (SSSR count). The molecule has 3 aromatic rings. The van der Waals surface area contributed by atoms with E-state index in [1.54, 1.807) is 42.5 Å². The molecule has 0 radical (unpaired) electrons. The average Bonchev–Trinajstić information content (AvgIpc) is 3.16. The van der Waals surface area contributed by atoms with Crippen LogP contribution in [0.2, 0.25) is 5.02 Å². The Morgan fingerprint density at radius 2 is 1.73 bits per heavy atom. The zero-order valence-electron chi connectivity index (χ0n) is 13.4. The van der Waals surface area contributed by atoms with Gasteiger partial charge >= 0.3 is 5.97 Å². The van der Waals surface area contributed by atoms with Crippen LogP contribution in [0.4, 0.5) is 0 Å². The standard InChI is InChI=1S/C19H12ClNO5/c20-12-5-6-15-11(9-12)10-16(26-15)19(24)25-8-7-21-17(22)13-3-1-2-4-14(13)18(21)23/h1-6,9-10H,7-8H2. The maximum atomic E-state index is 12.2. The molecule has 7 heteroatoms. The van der Waals surface area contributed by atoms with Gasteiger partial charge in [0.05, 0.1) is 17.7 Å². The molecule has 2 heterocycles. The molecular formula is C19H12ClNO5. The van der Waals surface area contributed by atoms with E-state index < -0.39 is 5.97 Å². The number of nitrogens with zero attached hydrogens (tertiary/aromatic N) is 1. The molecule has 0 saturated heterocycles. The Labute approximate surface area is 152 Å². The SMILES string of the molecule is O=C(OCCN1C(=O)c2ccccc2C1=O)c1cc2cc(Cl)ccc2o1. The summed E-state index contributed by atoms with van der Waals surface area (Å²) in [7, 11) is 0. The van der Waals surface area contributed by atoms with E-state index >= 15 is 0 Å². The first-order valence-electron chi connectivity index (χ1n) is 7.86. The first-order valence-corrected chi connectivity index (χ1v) is 8.24. The van der Waals surface area contributed by atoms with Gasteiger partial charge in [-0.2, -0.15) is 0 Å². The highest BCUT2D eigenvalue weighted by Gasteiger charge is 2.34. The number of carbonyl (C=O) groups excluding carboxylic acids is 3. The second kappa shape index (κ2) is 6.31. The molecule has 130 valence electrons. The van der Waals surface area contributed by atoms with Crippen molar-refractivity contribution in [1.82, 2.24) is 4.90 Å². The topological polar surface area (TPSA) is 76.8 Å². The number of furan rings is 1. The second-order valence-corrected chi connectivity index (χ2v) is 6.17. The zero-order chi connectivity index (χ0) is 18.3. The minimum atomic E-state index is -0.672. The van der Waals surface area contributed by atoms with E-state index in [1.807, 2.05) is 0 Å². The van der Waals surface area contributed by atoms with Crippen LogP contribution in [0, 0.1) is 0 Å². The summed E-state index contributed by atoms with van der Waals surface area (Å²) >= 11 is 5.90. The van der Waals surface area contributed by atoms with E-state index in [-0.39, 0.29) is 30.7 Å². The van der Waals surface area contributed by atoms with Crippen molar-refractivity contribution < 1.29 is 23.5 Å². The van der Waals surface area contributed by atoms with Crippen LogP contribution in [-0.2, 0) is 4.74 Å². The van der Waals surface area contributed by atoms with Crippen molar-refractivity contribution in [1.29, 1.82) is 0 Å². The summed E-state index contributed by atoms with van der Waals surface area (Å²) < 4.78 is 10.6. The molecule has 0 fully saturated rings. The van der Waals surface area contributed by atoms with Crippen LogP contribution >= 0.6 is 11.6 Å². The molecule has 2 aromatic carbocycles. The number of benzene rings is 2. The maximum absolute atomic E-state index is 12.2. The van der Waals surface area contributed by atoms with Gasteiger partial charge in [-0.3, -0.25) is 14.5 Å². The number of rotatable bonds is 4. The van der Waals surface area contributed by atoms with Gasteiger partial charge in [0, 0.05) is 10.4 Å². The van der Waals surface area contributed by atoms with Crippen LogP contribution in [0.3, 0.4) is 0 Å².